The molecule has 0 aromatic carbocycles. The molecule has 1 heterocycles. The van der Waals surface area contributed by atoms with Crippen LogP contribution in [0.1, 0.15) is 46.0 Å². The Morgan fingerprint density at radius 3 is 2.93 bits per heavy atom. The molecule has 0 aliphatic carbocycles. The Morgan fingerprint density at radius 2 is 2.29 bits per heavy atom. The fourth-order valence-electron chi connectivity index (χ4n) is 1.91. The van der Waals surface area contributed by atoms with Crippen molar-refractivity contribution >= 4 is 11.8 Å². The van der Waals surface area contributed by atoms with Crippen molar-refractivity contribution in [1.82, 2.24) is 5.32 Å². The van der Waals surface area contributed by atoms with Gasteiger partial charge in [-0.3, -0.25) is 0 Å². The third-order valence-electron chi connectivity index (χ3n) is 3.02. The molecule has 0 aromatic rings. The summed E-state index contributed by atoms with van der Waals surface area (Å²) < 4.78 is 0. The van der Waals surface area contributed by atoms with Gasteiger partial charge in [0.15, 0.2) is 0 Å². The Labute approximate surface area is 93.4 Å². The van der Waals surface area contributed by atoms with Crippen molar-refractivity contribution < 1.29 is 0 Å². The van der Waals surface area contributed by atoms with Crippen molar-refractivity contribution in [1.29, 1.82) is 0 Å². The number of thioether (sulfide) groups is 1. The van der Waals surface area contributed by atoms with Crippen molar-refractivity contribution in [3.63, 3.8) is 0 Å². The van der Waals surface area contributed by atoms with E-state index in [2.05, 4.69) is 30.9 Å². The molecule has 0 amide bonds. The van der Waals surface area contributed by atoms with Crippen molar-refractivity contribution in [2.45, 2.75) is 52.0 Å². The lowest BCUT2D eigenvalue weighted by Gasteiger charge is -2.16. The molecule has 1 aliphatic heterocycles. The van der Waals surface area contributed by atoms with E-state index in [1.807, 2.05) is 0 Å². The van der Waals surface area contributed by atoms with Crippen molar-refractivity contribution in [2.24, 2.45) is 5.92 Å². The monoisotopic (exact) mass is 215 g/mol. The van der Waals surface area contributed by atoms with Crippen LogP contribution in [0, 0.1) is 5.92 Å². The molecular weight excluding hydrogens is 190 g/mol. The first-order chi connectivity index (χ1) is 6.83. The molecule has 1 N–H and O–H groups in total. The smallest absolute Gasteiger partial charge is 0.00388 e. The third kappa shape index (κ3) is 5.26. The Morgan fingerprint density at radius 1 is 1.43 bits per heavy atom. The predicted molar refractivity (Wildman–Crippen MR) is 67.0 cm³/mol. The number of hydrogen-bond acceptors (Lipinski definition) is 2. The topological polar surface area (TPSA) is 12.0 Å². The molecule has 0 bridgehead atoms. The van der Waals surface area contributed by atoms with Crippen LogP contribution in [0.3, 0.4) is 0 Å². The van der Waals surface area contributed by atoms with Crippen molar-refractivity contribution in [3.05, 3.63) is 0 Å². The first kappa shape index (κ1) is 12.4. The number of rotatable bonds is 7. The van der Waals surface area contributed by atoms with E-state index in [-0.39, 0.29) is 0 Å². The lowest BCUT2D eigenvalue weighted by molar-refractivity contribution is 0.438. The average Bonchev–Trinajstić information content (AvgIpc) is 2.68. The molecule has 14 heavy (non-hydrogen) atoms. The quantitative estimate of drug-likeness (QED) is 0.654. The second-order valence-corrected chi connectivity index (χ2v) is 5.68. The molecular formula is C12H25NS. The second-order valence-electron chi connectivity index (χ2n) is 4.53. The number of unbranched alkanes of at least 4 members (excludes halogenated alkanes) is 2. The maximum atomic E-state index is 3.67. The Bertz CT molecular complexity index is 132. The fraction of sp³-hybridized carbons (Fsp3) is 1.00. The highest BCUT2D eigenvalue weighted by Crippen LogP contribution is 2.22. The fourth-order valence-corrected chi connectivity index (χ4v) is 3.20. The second kappa shape index (κ2) is 7.58. The summed E-state index contributed by atoms with van der Waals surface area (Å²) in [6, 6.07) is 0.729. The van der Waals surface area contributed by atoms with Gasteiger partial charge in [0.05, 0.1) is 0 Å². The summed E-state index contributed by atoms with van der Waals surface area (Å²) in [6.07, 6.45) is 6.91. The minimum absolute atomic E-state index is 0.729. The molecule has 2 unspecified atom stereocenters. The Balaban J connectivity index is 1.93. The van der Waals surface area contributed by atoms with E-state index in [1.54, 1.807) is 0 Å². The van der Waals surface area contributed by atoms with E-state index >= 15 is 0 Å². The van der Waals surface area contributed by atoms with Gasteiger partial charge in [0.25, 0.3) is 0 Å². The molecule has 1 rings (SSSR count). The minimum atomic E-state index is 0.729. The van der Waals surface area contributed by atoms with E-state index in [1.165, 1.54) is 50.2 Å². The number of nitrogens with one attached hydrogen (secondary N) is 1. The summed E-state index contributed by atoms with van der Waals surface area (Å²) >= 11 is 2.12. The first-order valence-electron chi connectivity index (χ1n) is 6.14. The Kier molecular flexibility index (Phi) is 6.70. The molecule has 0 spiro atoms. The molecule has 1 nitrogen and oxygen atoms in total. The molecule has 0 aromatic heterocycles. The molecule has 2 heteroatoms. The predicted octanol–water partition coefficient (Wildman–Crippen LogP) is 3.30. The van der Waals surface area contributed by atoms with Crippen LogP contribution in [0.25, 0.3) is 0 Å². The molecule has 1 saturated heterocycles. The van der Waals surface area contributed by atoms with Crippen LogP contribution in [0.2, 0.25) is 0 Å². The van der Waals surface area contributed by atoms with E-state index in [0.29, 0.717) is 0 Å². The maximum Gasteiger partial charge on any atom is 0.00388 e. The van der Waals surface area contributed by atoms with Gasteiger partial charge in [0.2, 0.25) is 0 Å². The van der Waals surface area contributed by atoms with Crippen LogP contribution < -0.4 is 5.32 Å². The highest BCUT2D eigenvalue weighted by molar-refractivity contribution is 7.99. The van der Waals surface area contributed by atoms with Gasteiger partial charge in [-0.2, -0.15) is 11.8 Å². The maximum absolute atomic E-state index is 3.67. The molecule has 2 atom stereocenters. The summed E-state index contributed by atoms with van der Waals surface area (Å²) in [5.41, 5.74) is 0. The molecule has 1 aliphatic rings. The normalized spacial score (nSPS) is 24.0. The lowest BCUT2D eigenvalue weighted by Crippen LogP contribution is -2.31. The molecule has 0 saturated carbocycles. The SMILES string of the molecule is CCCCCC(C)NCC1CCSC1. The zero-order valence-electron chi connectivity index (χ0n) is 9.72. The van der Waals surface area contributed by atoms with Gasteiger partial charge in [0.1, 0.15) is 0 Å². The van der Waals surface area contributed by atoms with Gasteiger partial charge < -0.3 is 5.32 Å². The van der Waals surface area contributed by atoms with Crippen molar-refractivity contribution in [2.75, 3.05) is 18.1 Å². The van der Waals surface area contributed by atoms with Crippen LogP contribution in [-0.2, 0) is 0 Å². The highest BCUT2D eigenvalue weighted by Gasteiger charge is 2.15. The van der Waals surface area contributed by atoms with Gasteiger partial charge >= 0.3 is 0 Å². The van der Waals surface area contributed by atoms with E-state index in [0.717, 1.165) is 12.0 Å². The van der Waals surface area contributed by atoms with Gasteiger partial charge in [-0.25, -0.2) is 0 Å². The lowest BCUT2D eigenvalue weighted by atomic mass is 10.1. The molecule has 1 fully saturated rings. The van der Waals surface area contributed by atoms with E-state index < -0.39 is 0 Å². The minimum Gasteiger partial charge on any atom is -0.314 e. The van der Waals surface area contributed by atoms with Gasteiger partial charge in [-0.05, 0) is 43.7 Å². The summed E-state index contributed by atoms with van der Waals surface area (Å²) in [5.74, 6) is 3.72. The Hall–Kier alpha value is 0.310. The summed E-state index contributed by atoms with van der Waals surface area (Å²) in [4.78, 5) is 0. The van der Waals surface area contributed by atoms with Crippen LogP contribution in [0.15, 0.2) is 0 Å². The largest absolute Gasteiger partial charge is 0.314 e. The zero-order valence-corrected chi connectivity index (χ0v) is 10.5. The highest BCUT2D eigenvalue weighted by atomic mass is 32.2. The zero-order chi connectivity index (χ0) is 10.2. The van der Waals surface area contributed by atoms with Crippen LogP contribution >= 0.6 is 11.8 Å². The van der Waals surface area contributed by atoms with Gasteiger partial charge in [-0.15, -0.1) is 0 Å². The van der Waals surface area contributed by atoms with E-state index in [9.17, 15) is 0 Å². The van der Waals surface area contributed by atoms with Crippen LogP contribution in [0.5, 0.6) is 0 Å². The summed E-state index contributed by atoms with van der Waals surface area (Å²) in [5, 5.41) is 3.67. The third-order valence-corrected chi connectivity index (χ3v) is 4.25. The average molecular weight is 215 g/mol. The number of hydrogen-bond donors (Lipinski definition) is 1. The van der Waals surface area contributed by atoms with Gasteiger partial charge in [-0.1, -0.05) is 26.2 Å². The first-order valence-corrected chi connectivity index (χ1v) is 7.29. The van der Waals surface area contributed by atoms with Crippen molar-refractivity contribution in [3.8, 4) is 0 Å². The van der Waals surface area contributed by atoms with Crippen LogP contribution in [-0.4, -0.2) is 24.1 Å². The summed E-state index contributed by atoms with van der Waals surface area (Å²) in [7, 11) is 0. The summed E-state index contributed by atoms with van der Waals surface area (Å²) in [6.45, 7) is 5.85. The molecule has 84 valence electrons. The molecule has 0 radical (unpaired) electrons. The van der Waals surface area contributed by atoms with Gasteiger partial charge in [0, 0.05) is 6.04 Å². The van der Waals surface area contributed by atoms with Crippen LogP contribution in [0.4, 0.5) is 0 Å². The van der Waals surface area contributed by atoms with E-state index in [4.69, 9.17) is 0 Å². The standard InChI is InChI=1S/C12H25NS/c1-3-4-5-6-11(2)13-9-12-7-8-14-10-12/h11-13H,3-10H2,1-2H3.